The number of thiocarbonyl (C=S) groups is 1. The molecule has 0 aliphatic carbocycles. The number of anilines is 1. The number of para-hydroxylation sites is 1. The number of hydrogen-bond donors (Lipinski definition) is 3. The lowest BCUT2D eigenvalue weighted by atomic mass is 10.1. The molecule has 0 aliphatic rings. The zero-order valence-electron chi connectivity index (χ0n) is 19.3. The molecule has 3 rings (SSSR count). The van der Waals surface area contributed by atoms with E-state index in [1.807, 2.05) is 50.2 Å². The zero-order valence-corrected chi connectivity index (χ0v) is 20.2. The van der Waals surface area contributed by atoms with Crippen molar-refractivity contribution in [3.63, 3.8) is 0 Å². The number of carbonyl (C=O) groups is 2. The first-order valence-corrected chi connectivity index (χ1v) is 11.7. The molecule has 0 radical (unpaired) electrons. The van der Waals surface area contributed by atoms with E-state index in [0.29, 0.717) is 29.2 Å². The predicted molar refractivity (Wildman–Crippen MR) is 139 cm³/mol. The van der Waals surface area contributed by atoms with Crippen LogP contribution in [0.1, 0.15) is 46.5 Å². The van der Waals surface area contributed by atoms with Crippen molar-refractivity contribution in [3.8, 4) is 5.75 Å². The molecular weight excluding hydrogens is 446 g/mol. The van der Waals surface area contributed by atoms with Crippen LogP contribution in [-0.2, 0) is 6.42 Å². The highest BCUT2D eigenvalue weighted by molar-refractivity contribution is 7.80. The molecule has 0 saturated carbocycles. The van der Waals surface area contributed by atoms with Gasteiger partial charge in [0.25, 0.3) is 11.8 Å². The molecule has 0 bridgehead atoms. The van der Waals surface area contributed by atoms with Crippen LogP contribution >= 0.6 is 12.2 Å². The number of carbonyl (C=O) groups excluding carboxylic acids is 2. The van der Waals surface area contributed by atoms with Crippen LogP contribution in [-0.4, -0.2) is 29.6 Å². The molecule has 1 unspecified atom stereocenters. The molecule has 0 aliphatic heterocycles. The van der Waals surface area contributed by atoms with Gasteiger partial charge in [-0.15, -0.1) is 0 Å². The van der Waals surface area contributed by atoms with Crippen LogP contribution in [0.4, 0.5) is 5.69 Å². The van der Waals surface area contributed by atoms with Gasteiger partial charge in [0, 0.05) is 18.0 Å². The fourth-order valence-electron chi connectivity index (χ4n) is 3.18. The molecule has 2 amide bonds. The maximum Gasteiger partial charge on any atom is 0.257 e. The lowest BCUT2D eigenvalue weighted by Gasteiger charge is -2.16. The highest BCUT2D eigenvalue weighted by atomic mass is 32.1. The van der Waals surface area contributed by atoms with Gasteiger partial charge in [-0.05, 0) is 61.5 Å². The lowest BCUT2D eigenvalue weighted by Crippen LogP contribution is -2.36. The van der Waals surface area contributed by atoms with Crippen LogP contribution in [0.15, 0.2) is 78.9 Å². The lowest BCUT2D eigenvalue weighted by molar-refractivity contribution is 0.0938. The van der Waals surface area contributed by atoms with Gasteiger partial charge in [0.2, 0.25) is 0 Å². The highest BCUT2D eigenvalue weighted by Crippen LogP contribution is 2.16. The summed E-state index contributed by atoms with van der Waals surface area (Å²) < 4.78 is 5.81. The predicted octanol–water partition coefficient (Wildman–Crippen LogP) is 4.96. The summed E-state index contributed by atoms with van der Waals surface area (Å²) >= 11 is 5.32. The number of hydrogen-bond acceptors (Lipinski definition) is 4. The first kappa shape index (κ1) is 24.9. The van der Waals surface area contributed by atoms with E-state index in [2.05, 4.69) is 16.0 Å². The van der Waals surface area contributed by atoms with Crippen molar-refractivity contribution < 1.29 is 14.3 Å². The summed E-state index contributed by atoms with van der Waals surface area (Å²) in [5, 5.41) is 8.66. The standard InChI is InChI=1S/C27H29N3O3S/c1-3-19(2)28-26(32)23-14-7-8-15-24(23)29-27(34)30-25(31)21-12-9-13-22(18-21)33-17-16-20-10-5-4-6-11-20/h4-15,18-19H,3,16-17H2,1-2H3,(H,28,32)(H2,29,30,31,34). The Morgan fingerprint density at radius 2 is 1.68 bits per heavy atom. The van der Waals surface area contributed by atoms with Crippen LogP contribution in [0.25, 0.3) is 0 Å². The molecule has 3 aromatic carbocycles. The van der Waals surface area contributed by atoms with E-state index in [1.54, 1.807) is 42.5 Å². The molecule has 0 aromatic heterocycles. The van der Waals surface area contributed by atoms with E-state index in [-0.39, 0.29) is 23.0 Å². The van der Waals surface area contributed by atoms with Crippen molar-refractivity contribution in [1.29, 1.82) is 0 Å². The van der Waals surface area contributed by atoms with Crippen molar-refractivity contribution in [3.05, 3.63) is 95.6 Å². The van der Waals surface area contributed by atoms with Crippen LogP contribution in [0.2, 0.25) is 0 Å². The number of benzene rings is 3. The van der Waals surface area contributed by atoms with E-state index in [4.69, 9.17) is 17.0 Å². The summed E-state index contributed by atoms with van der Waals surface area (Å²) in [7, 11) is 0. The van der Waals surface area contributed by atoms with Crippen LogP contribution in [0.3, 0.4) is 0 Å². The van der Waals surface area contributed by atoms with Crippen molar-refractivity contribution >= 4 is 34.8 Å². The van der Waals surface area contributed by atoms with Gasteiger partial charge in [0.1, 0.15) is 5.75 Å². The second-order valence-electron chi connectivity index (χ2n) is 7.85. The number of rotatable bonds is 9. The molecule has 6 nitrogen and oxygen atoms in total. The second-order valence-corrected chi connectivity index (χ2v) is 8.26. The minimum absolute atomic E-state index is 0.0504. The summed E-state index contributed by atoms with van der Waals surface area (Å²) in [5.74, 6) is 0.0361. The summed E-state index contributed by atoms with van der Waals surface area (Å²) in [6.07, 6.45) is 1.60. The van der Waals surface area contributed by atoms with Gasteiger partial charge in [-0.3, -0.25) is 14.9 Å². The Hall–Kier alpha value is -3.71. The van der Waals surface area contributed by atoms with Gasteiger partial charge in [-0.25, -0.2) is 0 Å². The van der Waals surface area contributed by atoms with Gasteiger partial charge in [-0.1, -0.05) is 55.5 Å². The molecular formula is C27H29N3O3S. The Labute approximate surface area is 205 Å². The second kappa shape index (κ2) is 12.5. The Kier molecular flexibility index (Phi) is 9.17. The maximum atomic E-state index is 12.7. The molecule has 0 saturated heterocycles. The molecule has 0 spiro atoms. The van der Waals surface area contributed by atoms with Crippen LogP contribution in [0.5, 0.6) is 5.75 Å². The van der Waals surface area contributed by atoms with Crippen LogP contribution < -0.4 is 20.7 Å². The number of ether oxygens (including phenoxy) is 1. The topological polar surface area (TPSA) is 79.5 Å². The van der Waals surface area contributed by atoms with Crippen molar-refractivity contribution in [1.82, 2.24) is 10.6 Å². The molecule has 1 atom stereocenters. The first-order chi connectivity index (χ1) is 16.5. The number of nitrogens with one attached hydrogen (secondary N) is 3. The molecule has 3 aromatic rings. The molecule has 0 heterocycles. The fraction of sp³-hybridized carbons (Fsp3) is 0.222. The average Bonchev–Trinajstić information content (AvgIpc) is 2.85. The van der Waals surface area contributed by atoms with Crippen LogP contribution in [0, 0.1) is 0 Å². The third-order valence-electron chi connectivity index (χ3n) is 5.24. The molecule has 0 fully saturated rings. The maximum absolute atomic E-state index is 12.7. The average molecular weight is 476 g/mol. The van der Waals surface area contributed by atoms with Crippen molar-refractivity contribution in [2.75, 3.05) is 11.9 Å². The van der Waals surface area contributed by atoms with Gasteiger partial charge in [0.05, 0.1) is 17.9 Å². The molecule has 3 N–H and O–H groups in total. The molecule has 7 heteroatoms. The SMILES string of the molecule is CCC(C)NC(=O)c1ccccc1NC(=S)NC(=O)c1cccc(OCCc2ccccc2)c1. The minimum Gasteiger partial charge on any atom is -0.493 e. The monoisotopic (exact) mass is 475 g/mol. The normalized spacial score (nSPS) is 11.2. The quantitative estimate of drug-likeness (QED) is 0.381. The van der Waals surface area contributed by atoms with Gasteiger partial charge in [0.15, 0.2) is 5.11 Å². The summed E-state index contributed by atoms with van der Waals surface area (Å²) in [6, 6.07) is 24.1. The third-order valence-corrected chi connectivity index (χ3v) is 5.44. The Morgan fingerprint density at radius 1 is 0.941 bits per heavy atom. The number of amides is 2. The minimum atomic E-state index is -0.368. The largest absolute Gasteiger partial charge is 0.493 e. The van der Waals surface area contributed by atoms with E-state index in [0.717, 1.165) is 12.8 Å². The molecule has 34 heavy (non-hydrogen) atoms. The highest BCUT2D eigenvalue weighted by Gasteiger charge is 2.15. The van der Waals surface area contributed by atoms with E-state index < -0.39 is 0 Å². The van der Waals surface area contributed by atoms with Crippen molar-refractivity contribution in [2.24, 2.45) is 0 Å². The van der Waals surface area contributed by atoms with Gasteiger partial charge >= 0.3 is 0 Å². The third kappa shape index (κ3) is 7.42. The van der Waals surface area contributed by atoms with Gasteiger partial charge < -0.3 is 15.4 Å². The van der Waals surface area contributed by atoms with Crippen molar-refractivity contribution in [2.45, 2.75) is 32.7 Å². The fourth-order valence-corrected chi connectivity index (χ4v) is 3.38. The first-order valence-electron chi connectivity index (χ1n) is 11.2. The smallest absolute Gasteiger partial charge is 0.257 e. The van der Waals surface area contributed by atoms with E-state index >= 15 is 0 Å². The molecule has 176 valence electrons. The Bertz CT molecular complexity index is 1130. The summed E-state index contributed by atoms with van der Waals surface area (Å²) in [4.78, 5) is 25.3. The Balaban J connectivity index is 1.57. The zero-order chi connectivity index (χ0) is 24.3. The summed E-state index contributed by atoms with van der Waals surface area (Å²) in [5.41, 5.74) is 2.58. The summed E-state index contributed by atoms with van der Waals surface area (Å²) in [6.45, 7) is 4.45. The van der Waals surface area contributed by atoms with Gasteiger partial charge in [-0.2, -0.15) is 0 Å². The van der Waals surface area contributed by atoms with E-state index in [1.165, 1.54) is 5.56 Å². The Morgan fingerprint density at radius 3 is 2.44 bits per heavy atom. The van der Waals surface area contributed by atoms with E-state index in [9.17, 15) is 9.59 Å².